The molecule has 2 rings (SSSR count). The molecule has 1 saturated heterocycles. The minimum Gasteiger partial charge on any atom is -0.394 e. The summed E-state index contributed by atoms with van der Waals surface area (Å²) in [7, 11) is 0. The van der Waals surface area contributed by atoms with Crippen molar-refractivity contribution in [3.63, 3.8) is 0 Å². The second-order valence-corrected chi connectivity index (χ2v) is 4.49. The van der Waals surface area contributed by atoms with E-state index in [0.29, 0.717) is 0 Å². The molecule has 1 aliphatic rings. The first-order chi connectivity index (χ1) is 9.13. The summed E-state index contributed by atoms with van der Waals surface area (Å²) in [6, 6.07) is 9.30. The average Bonchev–Trinajstić information content (AvgIpc) is 2.44. The maximum Gasteiger partial charge on any atom is 0.184 e. The highest BCUT2D eigenvalue weighted by Gasteiger charge is 2.44. The van der Waals surface area contributed by atoms with E-state index in [9.17, 15) is 20.4 Å². The van der Waals surface area contributed by atoms with Crippen molar-refractivity contribution in [1.29, 1.82) is 0 Å². The lowest BCUT2D eigenvalue weighted by molar-refractivity contribution is -0.295. The summed E-state index contributed by atoms with van der Waals surface area (Å²) in [6.45, 7) is -0.203. The Hall–Kier alpha value is -1.02. The SMILES string of the molecule is OC[C@H]1O[C@H](O)[C@H](O)[C@@H](O)[C@@H]1OCc1ccccc1. The molecule has 6 heteroatoms. The highest BCUT2D eigenvalue weighted by Crippen LogP contribution is 2.23. The number of hydrogen-bond acceptors (Lipinski definition) is 6. The molecule has 1 aliphatic heterocycles. The molecule has 1 aromatic carbocycles. The van der Waals surface area contributed by atoms with Gasteiger partial charge in [0.15, 0.2) is 6.29 Å². The Morgan fingerprint density at radius 3 is 2.37 bits per heavy atom. The predicted octanol–water partition coefficient (Wildman–Crippen LogP) is -0.997. The van der Waals surface area contributed by atoms with Crippen LogP contribution in [0, 0.1) is 0 Å². The van der Waals surface area contributed by atoms with Crippen LogP contribution in [0.5, 0.6) is 0 Å². The summed E-state index contributed by atoms with van der Waals surface area (Å²) in [4.78, 5) is 0. The minimum absolute atomic E-state index is 0.214. The lowest BCUT2D eigenvalue weighted by Gasteiger charge is -2.39. The maximum absolute atomic E-state index is 9.86. The molecule has 5 atom stereocenters. The van der Waals surface area contributed by atoms with Gasteiger partial charge >= 0.3 is 0 Å². The lowest BCUT2D eigenvalue weighted by Crippen LogP contribution is -2.59. The van der Waals surface area contributed by atoms with Gasteiger partial charge in [-0.15, -0.1) is 0 Å². The Balaban J connectivity index is 2.00. The number of aliphatic hydroxyl groups is 4. The molecule has 0 radical (unpaired) electrons. The van der Waals surface area contributed by atoms with E-state index in [1.54, 1.807) is 0 Å². The maximum atomic E-state index is 9.86. The summed E-state index contributed by atoms with van der Waals surface area (Å²) in [5.41, 5.74) is 0.895. The molecule has 1 heterocycles. The molecule has 0 aliphatic carbocycles. The quantitative estimate of drug-likeness (QED) is 0.560. The van der Waals surface area contributed by atoms with Crippen molar-refractivity contribution >= 4 is 0 Å². The highest BCUT2D eigenvalue weighted by molar-refractivity contribution is 5.13. The summed E-state index contributed by atoms with van der Waals surface area (Å²) < 4.78 is 10.5. The summed E-state index contributed by atoms with van der Waals surface area (Å²) in [6.07, 6.45) is -6.07. The minimum atomic E-state index is -1.52. The summed E-state index contributed by atoms with van der Waals surface area (Å²) in [5, 5.41) is 37.9. The van der Waals surface area contributed by atoms with E-state index in [1.807, 2.05) is 30.3 Å². The van der Waals surface area contributed by atoms with Crippen molar-refractivity contribution in [3.05, 3.63) is 35.9 Å². The molecule has 1 fully saturated rings. The van der Waals surface area contributed by atoms with E-state index in [-0.39, 0.29) is 6.61 Å². The third-order valence-corrected chi connectivity index (χ3v) is 3.12. The van der Waals surface area contributed by atoms with Gasteiger partial charge in [-0.1, -0.05) is 30.3 Å². The van der Waals surface area contributed by atoms with E-state index in [4.69, 9.17) is 9.47 Å². The van der Waals surface area contributed by atoms with Crippen LogP contribution in [0.3, 0.4) is 0 Å². The van der Waals surface area contributed by atoms with Crippen LogP contribution < -0.4 is 0 Å². The Bertz CT molecular complexity index is 382. The van der Waals surface area contributed by atoms with Gasteiger partial charge in [0.2, 0.25) is 0 Å². The normalized spacial score (nSPS) is 35.3. The second-order valence-electron chi connectivity index (χ2n) is 4.49. The van der Waals surface area contributed by atoms with E-state index in [1.165, 1.54) is 0 Å². The van der Waals surface area contributed by atoms with Crippen LogP contribution in [0.2, 0.25) is 0 Å². The van der Waals surface area contributed by atoms with Crippen LogP contribution in [0.25, 0.3) is 0 Å². The lowest BCUT2D eigenvalue weighted by atomic mass is 9.99. The Morgan fingerprint density at radius 1 is 1.05 bits per heavy atom. The molecule has 106 valence electrons. The fourth-order valence-corrected chi connectivity index (χ4v) is 2.04. The first-order valence-electron chi connectivity index (χ1n) is 6.09. The molecular formula is C13H18O6. The third kappa shape index (κ3) is 3.30. The number of benzene rings is 1. The van der Waals surface area contributed by atoms with Crippen LogP contribution >= 0.6 is 0 Å². The van der Waals surface area contributed by atoms with Gasteiger partial charge in [0.25, 0.3) is 0 Å². The van der Waals surface area contributed by atoms with Gasteiger partial charge in [0.05, 0.1) is 13.2 Å². The molecule has 0 spiro atoms. The molecule has 0 bridgehead atoms. The highest BCUT2D eigenvalue weighted by atomic mass is 16.6. The fraction of sp³-hybridized carbons (Fsp3) is 0.538. The fourth-order valence-electron chi connectivity index (χ4n) is 2.04. The van der Waals surface area contributed by atoms with E-state index in [2.05, 4.69) is 0 Å². The van der Waals surface area contributed by atoms with Crippen LogP contribution in [0.4, 0.5) is 0 Å². The third-order valence-electron chi connectivity index (χ3n) is 3.12. The Kier molecular flexibility index (Phi) is 4.87. The van der Waals surface area contributed by atoms with Gasteiger partial charge in [-0.2, -0.15) is 0 Å². The monoisotopic (exact) mass is 270 g/mol. The summed E-state index contributed by atoms with van der Waals surface area (Å²) >= 11 is 0. The predicted molar refractivity (Wildman–Crippen MR) is 65.0 cm³/mol. The van der Waals surface area contributed by atoms with Crippen LogP contribution in [0.1, 0.15) is 5.56 Å². The molecule has 19 heavy (non-hydrogen) atoms. The van der Waals surface area contributed by atoms with Crippen molar-refractivity contribution in [2.45, 2.75) is 37.3 Å². The van der Waals surface area contributed by atoms with Crippen molar-refractivity contribution in [2.24, 2.45) is 0 Å². The standard InChI is InChI=1S/C13H18O6/c14-6-9-12(10(15)11(16)13(17)19-9)18-7-8-4-2-1-3-5-8/h1-5,9-17H,6-7H2/t9-,10-,11-,12-,13+/m1/s1. The second kappa shape index (κ2) is 6.42. The van der Waals surface area contributed by atoms with Crippen molar-refractivity contribution < 1.29 is 29.9 Å². The van der Waals surface area contributed by atoms with Gasteiger partial charge in [-0.25, -0.2) is 0 Å². The van der Waals surface area contributed by atoms with Gasteiger partial charge in [0, 0.05) is 0 Å². The van der Waals surface area contributed by atoms with Crippen molar-refractivity contribution in [2.75, 3.05) is 6.61 Å². The van der Waals surface area contributed by atoms with Crippen molar-refractivity contribution in [3.8, 4) is 0 Å². The number of aliphatic hydroxyl groups excluding tert-OH is 4. The Labute approximate surface area is 110 Å². The van der Waals surface area contributed by atoms with E-state index in [0.717, 1.165) is 5.56 Å². The van der Waals surface area contributed by atoms with Crippen LogP contribution in [-0.2, 0) is 16.1 Å². The molecule has 0 unspecified atom stereocenters. The molecule has 6 nitrogen and oxygen atoms in total. The molecular weight excluding hydrogens is 252 g/mol. The molecule has 0 amide bonds. The summed E-state index contributed by atoms with van der Waals surface area (Å²) in [5.74, 6) is 0. The number of ether oxygens (including phenoxy) is 2. The van der Waals surface area contributed by atoms with Gasteiger partial charge in [-0.05, 0) is 5.56 Å². The van der Waals surface area contributed by atoms with E-state index >= 15 is 0 Å². The zero-order valence-electron chi connectivity index (χ0n) is 10.3. The molecule has 1 aromatic rings. The largest absolute Gasteiger partial charge is 0.394 e. The number of hydrogen-bond donors (Lipinski definition) is 4. The smallest absolute Gasteiger partial charge is 0.184 e. The van der Waals surface area contributed by atoms with Gasteiger partial charge in [0.1, 0.15) is 24.4 Å². The van der Waals surface area contributed by atoms with Crippen LogP contribution in [0.15, 0.2) is 30.3 Å². The van der Waals surface area contributed by atoms with E-state index < -0.39 is 37.3 Å². The molecule has 4 N–H and O–H groups in total. The first-order valence-corrected chi connectivity index (χ1v) is 6.09. The Morgan fingerprint density at radius 2 is 1.74 bits per heavy atom. The number of rotatable bonds is 4. The molecule has 0 aromatic heterocycles. The molecule has 0 saturated carbocycles. The van der Waals surface area contributed by atoms with Crippen LogP contribution in [-0.4, -0.2) is 57.7 Å². The average molecular weight is 270 g/mol. The zero-order valence-corrected chi connectivity index (χ0v) is 10.3. The zero-order chi connectivity index (χ0) is 13.8. The first kappa shape index (κ1) is 14.4. The van der Waals surface area contributed by atoms with Gasteiger partial charge < -0.3 is 29.9 Å². The van der Waals surface area contributed by atoms with Crippen molar-refractivity contribution in [1.82, 2.24) is 0 Å². The topological polar surface area (TPSA) is 99.4 Å². The van der Waals surface area contributed by atoms with Gasteiger partial charge in [-0.3, -0.25) is 0 Å².